The minimum Gasteiger partial charge on any atom is -0.466 e. The van der Waals surface area contributed by atoms with Gasteiger partial charge in [0.1, 0.15) is 5.76 Å². The van der Waals surface area contributed by atoms with Crippen LogP contribution in [-0.2, 0) is 14.3 Å². The Balaban J connectivity index is 1.61. The topological polar surface area (TPSA) is 80.1 Å². The van der Waals surface area contributed by atoms with Gasteiger partial charge in [0.15, 0.2) is 5.76 Å². The third kappa shape index (κ3) is 5.02. The van der Waals surface area contributed by atoms with Crippen molar-refractivity contribution in [3.05, 3.63) is 47.2 Å². The molecule has 0 radical (unpaired) electrons. The summed E-state index contributed by atoms with van der Waals surface area (Å²) in [6.07, 6.45) is 1.43. The van der Waals surface area contributed by atoms with Crippen molar-refractivity contribution in [1.82, 2.24) is 9.80 Å². The average Bonchev–Trinajstić information content (AvgIpc) is 3.23. The molecular weight excluding hydrogens is 408 g/mol. The van der Waals surface area contributed by atoms with E-state index in [0.717, 1.165) is 6.42 Å². The second-order valence-corrected chi connectivity index (χ2v) is 7.64. The number of halogens is 1. The highest BCUT2D eigenvalue weighted by Crippen LogP contribution is 2.29. The third-order valence-electron chi connectivity index (χ3n) is 5.07. The maximum absolute atomic E-state index is 12.7. The largest absolute Gasteiger partial charge is 0.466 e. The van der Waals surface area contributed by atoms with Crippen LogP contribution in [-0.4, -0.2) is 60.9 Å². The van der Waals surface area contributed by atoms with Gasteiger partial charge >= 0.3 is 5.97 Å². The zero-order chi connectivity index (χ0) is 21.7. The highest BCUT2D eigenvalue weighted by atomic mass is 35.5. The molecule has 1 aromatic heterocycles. The molecule has 0 N–H and O–H groups in total. The molecule has 1 fully saturated rings. The van der Waals surface area contributed by atoms with E-state index < -0.39 is 5.91 Å². The van der Waals surface area contributed by atoms with Gasteiger partial charge in [0, 0.05) is 25.7 Å². The maximum Gasteiger partial charge on any atom is 0.310 e. The van der Waals surface area contributed by atoms with Crippen molar-refractivity contribution in [2.45, 2.75) is 19.8 Å². The number of ether oxygens (including phenoxy) is 1. The second-order valence-electron chi connectivity index (χ2n) is 7.24. The smallest absolute Gasteiger partial charge is 0.310 e. The average molecular weight is 433 g/mol. The Kier molecular flexibility index (Phi) is 7.15. The van der Waals surface area contributed by atoms with Gasteiger partial charge in [-0.1, -0.05) is 23.7 Å². The molecule has 1 aliphatic rings. The van der Waals surface area contributed by atoms with Crippen LogP contribution >= 0.6 is 11.6 Å². The van der Waals surface area contributed by atoms with E-state index in [1.54, 1.807) is 43.1 Å². The van der Waals surface area contributed by atoms with E-state index in [2.05, 4.69) is 0 Å². The van der Waals surface area contributed by atoms with E-state index in [9.17, 15) is 14.4 Å². The van der Waals surface area contributed by atoms with Gasteiger partial charge in [0.2, 0.25) is 5.91 Å². The zero-order valence-electron chi connectivity index (χ0n) is 17.1. The number of likely N-dealkylation sites (N-methyl/N-ethyl adjacent to an activating group) is 1. The Morgan fingerprint density at radius 2 is 2.00 bits per heavy atom. The number of likely N-dealkylation sites (tertiary alicyclic amines) is 1. The number of piperidine rings is 1. The fourth-order valence-electron chi connectivity index (χ4n) is 3.48. The molecule has 0 aliphatic carbocycles. The maximum atomic E-state index is 12.7. The summed E-state index contributed by atoms with van der Waals surface area (Å²) in [6, 6.07) is 10.4. The van der Waals surface area contributed by atoms with E-state index in [0.29, 0.717) is 42.5 Å². The van der Waals surface area contributed by atoms with Crippen LogP contribution in [0.4, 0.5) is 0 Å². The van der Waals surface area contributed by atoms with E-state index >= 15 is 0 Å². The predicted molar refractivity (Wildman–Crippen MR) is 112 cm³/mol. The lowest BCUT2D eigenvalue weighted by atomic mass is 9.98. The number of furan rings is 1. The van der Waals surface area contributed by atoms with Crippen molar-refractivity contribution < 1.29 is 23.5 Å². The lowest BCUT2D eigenvalue weighted by Gasteiger charge is -2.32. The fraction of sp³-hybridized carbons (Fsp3) is 0.409. The number of hydrogen-bond acceptors (Lipinski definition) is 5. The van der Waals surface area contributed by atoms with Crippen LogP contribution in [0.1, 0.15) is 30.3 Å². The van der Waals surface area contributed by atoms with Gasteiger partial charge in [-0.15, -0.1) is 0 Å². The highest BCUT2D eigenvalue weighted by molar-refractivity contribution is 6.33. The van der Waals surface area contributed by atoms with Crippen LogP contribution < -0.4 is 0 Å². The van der Waals surface area contributed by atoms with Gasteiger partial charge in [0.05, 0.1) is 24.1 Å². The number of benzene rings is 1. The molecular formula is C22H25ClN2O5. The molecule has 2 heterocycles. The summed E-state index contributed by atoms with van der Waals surface area (Å²) in [5.74, 6) is -0.590. The number of carbonyl (C=O) groups is 3. The number of carbonyl (C=O) groups excluding carboxylic acids is 3. The Hall–Kier alpha value is -2.80. The van der Waals surface area contributed by atoms with Crippen molar-refractivity contribution in [2.75, 3.05) is 33.3 Å². The number of amides is 2. The number of esters is 1. The van der Waals surface area contributed by atoms with E-state index in [1.807, 2.05) is 12.1 Å². The molecule has 1 aliphatic heterocycles. The Morgan fingerprint density at radius 1 is 1.23 bits per heavy atom. The van der Waals surface area contributed by atoms with Gasteiger partial charge < -0.3 is 19.0 Å². The lowest BCUT2D eigenvalue weighted by molar-refractivity contribution is -0.151. The van der Waals surface area contributed by atoms with Crippen molar-refractivity contribution in [2.24, 2.45) is 5.92 Å². The number of rotatable bonds is 6. The van der Waals surface area contributed by atoms with Crippen molar-refractivity contribution in [3.8, 4) is 11.3 Å². The second kappa shape index (κ2) is 9.80. The molecule has 2 aromatic rings. The minimum absolute atomic E-state index is 0.101. The fourth-order valence-corrected chi connectivity index (χ4v) is 3.71. The molecule has 0 bridgehead atoms. The van der Waals surface area contributed by atoms with Gasteiger partial charge in [-0.05, 0) is 44.0 Å². The molecule has 1 atom stereocenters. The first-order valence-corrected chi connectivity index (χ1v) is 10.3. The Morgan fingerprint density at radius 3 is 2.73 bits per heavy atom. The molecule has 1 aromatic carbocycles. The molecule has 3 rings (SSSR count). The number of nitrogens with zero attached hydrogens (tertiary/aromatic N) is 2. The van der Waals surface area contributed by atoms with Crippen molar-refractivity contribution in [3.63, 3.8) is 0 Å². The van der Waals surface area contributed by atoms with Crippen LogP contribution in [0.25, 0.3) is 11.3 Å². The van der Waals surface area contributed by atoms with E-state index in [1.165, 1.54) is 4.90 Å². The summed E-state index contributed by atoms with van der Waals surface area (Å²) in [4.78, 5) is 40.3. The first-order valence-electron chi connectivity index (χ1n) is 9.95. The SMILES string of the molecule is CCOC(=O)C1CCCN(C(=O)CN(C)C(=O)c2ccc(-c3ccccc3Cl)o2)C1. The monoisotopic (exact) mass is 432 g/mol. The Bertz CT molecular complexity index is 926. The summed E-state index contributed by atoms with van der Waals surface area (Å²) in [5, 5.41) is 0.524. The van der Waals surface area contributed by atoms with Crippen LogP contribution in [0, 0.1) is 5.92 Å². The molecule has 8 heteroatoms. The summed E-state index contributed by atoms with van der Waals surface area (Å²) in [6.45, 7) is 2.86. The van der Waals surface area contributed by atoms with Gasteiger partial charge in [-0.2, -0.15) is 0 Å². The summed E-state index contributed by atoms with van der Waals surface area (Å²) in [7, 11) is 1.55. The molecule has 0 spiro atoms. The van der Waals surface area contributed by atoms with E-state index in [4.69, 9.17) is 20.8 Å². The van der Waals surface area contributed by atoms with Crippen LogP contribution in [0.15, 0.2) is 40.8 Å². The molecule has 1 unspecified atom stereocenters. The lowest BCUT2D eigenvalue weighted by Crippen LogP contribution is -2.47. The minimum atomic E-state index is -0.402. The first kappa shape index (κ1) is 21.9. The molecule has 0 saturated carbocycles. The standard InChI is InChI=1S/C22H25ClN2O5/c1-3-29-22(28)15-7-6-12-25(13-15)20(26)14-24(2)21(27)19-11-10-18(30-19)16-8-4-5-9-17(16)23/h4-5,8-11,15H,3,6-7,12-14H2,1-2H3. The summed E-state index contributed by atoms with van der Waals surface area (Å²) >= 11 is 6.18. The van der Waals surface area contributed by atoms with Crippen LogP contribution in [0.2, 0.25) is 5.02 Å². The number of hydrogen-bond donors (Lipinski definition) is 0. The molecule has 2 amide bonds. The third-order valence-corrected chi connectivity index (χ3v) is 5.40. The Labute approximate surface area is 180 Å². The van der Waals surface area contributed by atoms with Gasteiger partial charge in [-0.25, -0.2) is 0 Å². The normalized spacial score (nSPS) is 16.2. The predicted octanol–water partition coefficient (Wildman–Crippen LogP) is 3.47. The summed E-state index contributed by atoms with van der Waals surface area (Å²) < 4.78 is 10.7. The molecule has 7 nitrogen and oxygen atoms in total. The summed E-state index contributed by atoms with van der Waals surface area (Å²) in [5.41, 5.74) is 0.690. The van der Waals surface area contributed by atoms with Gasteiger partial charge in [-0.3, -0.25) is 14.4 Å². The quantitative estimate of drug-likeness (QED) is 0.653. The van der Waals surface area contributed by atoms with E-state index in [-0.39, 0.29) is 30.1 Å². The first-order chi connectivity index (χ1) is 14.4. The highest BCUT2D eigenvalue weighted by Gasteiger charge is 2.30. The van der Waals surface area contributed by atoms with Gasteiger partial charge in [0.25, 0.3) is 5.91 Å². The van der Waals surface area contributed by atoms with Crippen LogP contribution in [0.3, 0.4) is 0 Å². The molecule has 1 saturated heterocycles. The zero-order valence-corrected chi connectivity index (χ0v) is 17.9. The molecule has 30 heavy (non-hydrogen) atoms. The molecule has 160 valence electrons. The van der Waals surface area contributed by atoms with Crippen molar-refractivity contribution >= 4 is 29.4 Å². The van der Waals surface area contributed by atoms with Crippen molar-refractivity contribution in [1.29, 1.82) is 0 Å². The van der Waals surface area contributed by atoms with Crippen LogP contribution in [0.5, 0.6) is 0 Å².